The number of phosphoric acid groups is 1. The molecule has 0 rings (SSSR count). The first kappa shape index (κ1) is 83.5. The number of esters is 2. The largest absolute Gasteiger partial charge is 0.756 e. The van der Waals surface area contributed by atoms with Crippen molar-refractivity contribution >= 4 is 19.8 Å². The Labute approximate surface area is 533 Å². The van der Waals surface area contributed by atoms with Crippen molar-refractivity contribution in [1.82, 2.24) is 0 Å². The molecule has 10 heteroatoms. The number of carbonyl (C=O) groups excluding carboxylic acids is 2. The normalized spacial score (nSPS) is 13.5. The lowest BCUT2D eigenvalue weighted by molar-refractivity contribution is -0.870. The molecule has 9 nitrogen and oxygen atoms in total. The maximum absolute atomic E-state index is 12.9. The van der Waals surface area contributed by atoms with Gasteiger partial charge in [-0.05, 0) is 83.5 Å². The summed E-state index contributed by atoms with van der Waals surface area (Å²) < 4.78 is 34.4. The van der Waals surface area contributed by atoms with Gasteiger partial charge in [0, 0.05) is 12.8 Å². The predicted molar refractivity (Wildman–Crippen MR) is 370 cm³/mol. The molecule has 0 heterocycles. The molecule has 0 amide bonds. The van der Waals surface area contributed by atoms with Gasteiger partial charge in [-0.1, -0.05) is 324 Å². The number of hydrogen-bond acceptors (Lipinski definition) is 8. The van der Waals surface area contributed by atoms with E-state index in [0.717, 1.165) is 70.6 Å². The Morgan fingerprint density at radius 2 is 0.663 bits per heavy atom. The van der Waals surface area contributed by atoms with Crippen LogP contribution in [0.2, 0.25) is 0 Å². The van der Waals surface area contributed by atoms with Gasteiger partial charge in [-0.25, -0.2) is 0 Å². The molecule has 0 N–H and O–H groups in total. The van der Waals surface area contributed by atoms with Gasteiger partial charge in [0.25, 0.3) is 7.82 Å². The third-order valence-electron chi connectivity index (χ3n) is 16.2. The second-order valence-electron chi connectivity index (χ2n) is 25.9. The molecular weight excluding hydrogens is 1090 g/mol. The number of rotatable bonds is 68. The highest BCUT2D eigenvalue weighted by Gasteiger charge is 2.22. The standard InChI is InChI=1S/C76H140NO8P/c1-6-8-10-12-14-16-18-20-22-24-26-28-30-32-34-36-38-40-42-44-46-48-50-52-54-56-58-60-62-64-66-68-75(78)82-72-74(73-84-86(80,81)83-71-70-77(3,4)5)85-76(79)69-67-65-63-61-59-57-55-53-51-49-47-45-43-41-39-37-35-33-31-29-27-25-23-21-19-17-15-13-11-9-7-2/h9,11,15,17-18,20-21,23-24,26-27,29,74H,6-8,10,12-14,16,19,22,25,28,30-73H2,1-5H3/b11-9-,17-15-,20-18-,23-21-,26-24-,29-27-. The highest BCUT2D eigenvalue weighted by molar-refractivity contribution is 7.45. The van der Waals surface area contributed by atoms with Crippen molar-refractivity contribution < 1.29 is 42.1 Å². The number of ether oxygens (including phenoxy) is 2. The summed E-state index contributed by atoms with van der Waals surface area (Å²) in [6.45, 7) is 4.17. The Kier molecular flexibility index (Phi) is 64.9. The number of carbonyl (C=O) groups is 2. The SMILES string of the molecule is CC/C=C\C/C=C\C/C=C\C/C=C\CCCCCCCCCCCCCCCCCCCCC(=O)OC(COC(=O)CCCCCCCCCCCCCCCCCCCCC/C=C\C/C=C\CCCCCCC)COP(=O)([O-])OCC[N+](C)(C)C. The number of allylic oxidation sites excluding steroid dienone is 12. The summed E-state index contributed by atoms with van der Waals surface area (Å²) in [5.74, 6) is -0.816. The zero-order valence-electron chi connectivity index (χ0n) is 57.3. The minimum absolute atomic E-state index is 0.0301. The zero-order valence-corrected chi connectivity index (χ0v) is 58.2. The fraction of sp³-hybridized carbons (Fsp3) is 0.816. The predicted octanol–water partition coefficient (Wildman–Crippen LogP) is 23.3. The van der Waals surface area contributed by atoms with E-state index in [1.807, 2.05) is 21.1 Å². The van der Waals surface area contributed by atoms with Gasteiger partial charge in [-0.15, -0.1) is 0 Å². The molecule has 2 atom stereocenters. The van der Waals surface area contributed by atoms with E-state index in [4.69, 9.17) is 18.5 Å². The fourth-order valence-electron chi connectivity index (χ4n) is 10.6. The third kappa shape index (κ3) is 70.5. The van der Waals surface area contributed by atoms with Crippen LogP contribution in [-0.4, -0.2) is 70.0 Å². The average molecular weight is 1230 g/mol. The van der Waals surface area contributed by atoms with Gasteiger partial charge in [0.05, 0.1) is 27.7 Å². The van der Waals surface area contributed by atoms with Crippen LogP contribution in [0.3, 0.4) is 0 Å². The summed E-state index contributed by atoms with van der Waals surface area (Å²) in [4.78, 5) is 38.1. The third-order valence-corrected chi connectivity index (χ3v) is 17.2. The van der Waals surface area contributed by atoms with Crippen molar-refractivity contribution in [3.05, 3.63) is 72.9 Å². The van der Waals surface area contributed by atoms with Crippen LogP contribution in [0.1, 0.15) is 348 Å². The lowest BCUT2D eigenvalue weighted by Gasteiger charge is -2.28. The van der Waals surface area contributed by atoms with Gasteiger partial charge < -0.3 is 27.9 Å². The van der Waals surface area contributed by atoms with Crippen LogP contribution < -0.4 is 4.89 Å². The molecule has 0 aliphatic carbocycles. The van der Waals surface area contributed by atoms with Gasteiger partial charge in [0.15, 0.2) is 6.10 Å². The molecule has 0 saturated carbocycles. The first-order valence-corrected chi connectivity index (χ1v) is 38.1. The summed E-state index contributed by atoms with van der Waals surface area (Å²) in [6, 6.07) is 0. The van der Waals surface area contributed by atoms with Gasteiger partial charge in [0.1, 0.15) is 19.8 Å². The highest BCUT2D eigenvalue weighted by Crippen LogP contribution is 2.38. The Morgan fingerprint density at radius 3 is 0.988 bits per heavy atom. The number of hydrogen-bond donors (Lipinski definition) is 0. The molecule has 0 aromatic carbocycles. The van der Waals surface area contributed by atoms with E-state index in [2.05, 4.69) is 86.8 Å². The Bertz CT molecular complexity index is 1680. The second-order valence-corrected chi connectivity index (χ2v) is 27.3. The van der Waals surface area contributed by atoms with Gasteiger partial charge in [-0.2, -0.15) is 0 Å². The van der Waals surface area contributed by atoms with E-state index in [1.54, 1.807) is 0 Å². The maximum Gasteiger partial charge on any atom is 0.306 e. The van der Waals surface area contributed by atoms with E-state index >= 15 is 0 Å². The molecular formula is C76H140NO8P. The number of nitrogens with zero attached hydrogens (tertiary/aromatic N) is 1. The van der Waals surface area contributed by atoms with Crippen LogP contribution in [-0.2, 0) is 32.7 Å². The fourth-order valence-corrected chi connectivity index (χ4v) is 11.4. The quantitative estimate of drug-likeness (QED) is 0.0195. The summed E-state index contributed by atoms with van der Waals surface area (Å²) in [7, 11) is 1.18. The molecule has 0 aliphatic heterocycles. The smallest absolute Gasteiger partial charge is 0.306 e. The second kappa shape index (κ2) is 66.9. The molecule has 0 spiro atoms. The number of phosphoric ester groups is 1. The molecule has 0 aromatic heterocycles. The first-order valence-electron chi connectivity index (χ1n) is 36.6. The van der Waals surface area contributed by atoms with Crippen molar-refractivity contribution in [2.45, 2.75) is 354 Å². The van der Waals surface area contributed by atoms with E-state index in [1.165, 1.54) is 244 Å². The van der Waals surface area contributed by atoms with E-state index in [0.29, 0.717) is 17.4 Å². The van der Waals surface area contributed by atoms with E-state index < -0.39 is 26.5 Å². The summed E-state index contributed by atoms with van der Waals surface area (Å²) in [5.41, 5.74) is 0. The minimum Gasteiger partial charge on any atom is -0.756 e. The lowest BCUT2D eigenvalue weighted by atomic mass is 10.0. The monoisotopic (exact) mass is 1230 g/mol. The van der Waals surface area contributed by atoms with Crippen LogP contribution in [0, 0.1) is 0 Å². The number of quaternary nitrogens is 1. The molecule has 0 aliphatic rings. The Hall–Kier alpha value is -2.55. The Balaban J connectivity index is 3.98. The average Bonchev–Trinajstić information content (AvgIpc) is 3.56. The molecule has 86 heavy (non-hydrogen) atoms. The van der Waals surface area contributed by atoms with Crippen LogP contribution in [0.25, 0.3) is 0 Å². The first-order chi connectivity index (χ1) is 42.0. The maximum atomic E-state index is 12.9. The van der Waals surface area contributed by atoms with Crippen molar-refractivity contribution in [2.24, 2.45) is 0 Å². The number of likely N-dealkylation sites (N-methyl/N-ethyl adjacent to an activating group) is 1. The van der Waals surface area contributed by atoms with Gasteiger partial charge in [0.2, 0.25) is 0 Å². The summed E-state index contributed by atoms with van der Waals surface area (Å²) in [6.07, 6.45) is 90.0. The van der Waals surface area contributed by atoms with E-state index in [-0.39, 0.29) is 32.0 Å². The van der Waals surface area contributed by atoms with E-state index in [9.17, 15) is 19.0 Å². The van der Waals surface area contributed by atoms with Gasteiger partial charge in [-0.3, -0.25) is 14.2 Å². The topological polar surface area (TPSA) is 111 Å². The molecule has 502 valence electrons. The molecule has 0 saturated heterocycles. The molecule has 0 fully saturated rings. The minimum atomic E-state index is -4.64. The molecule has 0 radical (unpaired) electrons. The molecule has 2 unspecified atom stereocenters. The molecule has 0 bridgehead atoms. The Morgan fingerprint density at radius 1 is 0.372 bits per heavy atom. The zero-order chi connectivity index (χ0) is 62.6. The van der Waals surface area contributed by atoms with Crippen LogP contribution in [0.4, 0.5) is 0 Å². The van der Waals surface area contributed by atoms with Crippen molar-refractivity contribution in [3.63, 3.8) is 0 Å². The van der Waals surface area contributed by atoms with Crippen molar-refractivity contribution in [1.29, 1.82) is 0 Å². The van der Waals surface area contributed by atoms with Crippen LogP contribution in [0.15, 0.2) is 72.9 Å². The molecule has 0 aromatic rings. The van der Waals surface area contributed by atoms with Gasteiger partial charge >= 0.3 is 11.9 Å². The number of unbranched alkanes of at least 4 members (excludes halogenated alkanes) is 42. The highest BCUT2D eigenvalue weighted by atomic mass is 31.2. The summed E-state index contributed by atoms with van der Waals surface area (Å²) >= 11 is 0. The summed E-state index contributed by atoms with van der Waals surface area (Å²) in [5, 5.41) is 0. The van der Waals surface area contributed by atoms with Crippen molar-refractivity contribution in [3.8, 4) is 0 Å². The van der Waals surface area contributed by atoms with Crippen LogP contribution in [0.5, 0.6) is 0 Å². The van der Waals surface area contributed by atoms with Crippen LogP contribution >= 0.6 is 7.82 Å². The van der Waals surface area contributed by atoms with Crippen molar-refractivity contribution in [2.75, 3.05) is 47.5 Å². The lowest BCUT2D eigenvalue weighted by Crippen LogP contribution is -2.37.